The van der Waals surface area contributed by atoms with Crippen molar-refractivity contribution in [2.75, 3.05) is 20.1 Å². The second-order valence-electron chi connectivity index (χ2n) is 6.40. The third-order valence-corrected chi connectivity index (χ3v) is 3.31. The molecule has 132 valence electrons. The molecule has 22 heavy (non-hydrogen) atoms. The molecule has 1 saturated heterocycles. The molecule has 0 radical (unpaired) electrons. The summed E-state index contributed by atoms with van der Waals surface area (Å²) in [6.45, 7) is 7.80. The van der Waals surface area contributed by atoms with Crippen LogP contribution in [0.15, 0.2) is 0 Å². The maximum absolute atomic E-state index is 9.96. The van der Waals surface area contributed by atoms with Crippen LogP contribution in [0.4, 0.5) is 0 Å². The van der Waals surface area contributed by atoms with Crippen molar-refractivity contribution in [3.05, 3.63) is 0 Å². The molecule has 1 fully saturated rings. The molecule has 1 rings (SSSR count). The van der Waals surface area contributed by atoms with E-state index in [9.17, 15) is 14.8 Å². The van der Waals surface area contributed by atoms with E-state index in [-0.39, 0.29) is 24.2 Å². The zero-order valence-corrected chi connectivity index (χ0v) is 13.9. The largest absolute Gasteiger partial charge is 0.480 e. The Bertz CT molecular complexity index is 328. The van der Waals surface area contributed by atoms with Crippen LogP contribution in [0, 0.1) is 0 Å². The molecule has 1 aliphatic heterocycles. The van der Waals surface area contributed by atoms with Gasteiger partial charge in [0.05, 0.1) is 13.1 Å². The molecular weight excluding hydrogens is 294 g/mol. The summed E-state index contributed by atoms with van der Waals surface area (Å²) in [4.78, 5) is 21.1. The molecule has 0 bridgehead atoms. The fourth-order valence-corrected chi connectivity index (χ4v) is 2.16. The van der Waals surface area contributed by atoms with Crippen molar-refractivity contribution in [3.8, 4) is 0 Å². The van der Waals surface area contributed by atoms with Gasteiger partial charge in [0, 0.05) is 11.1 Å². The smallest absolute Gasteiger partial charge is 0.317 e. The highest BCUT2D eigenvalue weighted by molar-refractivity contribution is 5.72. The fraction of sp³-hybridized carbons (Fsp3) is 0.846. The Morgan fingerprint density at radius 2 is 1.27 bits per heavy atom. The molecule has 9 heteroatoms. The molecule has 0 aromatic carbocycles. The lowest BCUT2D eigenvalue weighted by atomic mass is 10.0. The van der Waals surface area contributed by atoms with Gasteiger partial charge in [0.2, 0.25) is 0 Å². The summed E-state index contributed by atoms with van der Waals surface area (Å²) in [5.74, 6) is 1.45. The lowest BCUT2D eigenvalue weighted by molar-refractivity contribution is -0.191. The van der Waals surface area contributed by atoms with Gasteiger partial charge in [-0.25, -0.2) is 5.90 Å². The van der Waals surface area contributed by atoms with Crippen molar-refractivity contribution >= 4 is 11.9 Å². The predicted octanol–water partition coefficient (Wildman–Crippen LogP) is 0.450. The van der Waals surface area contributed by atoms with Gasteiger partial charge < -0.3 is 20.6 Å². The second kappa shape index (κ2) is 9.70. The van der Waals surface area contributed by atoms with Gasteiger partial charge in [-0.2, -0.15) is 5.06 Å². The van der Waals surface area contributed by atoms with Gasteiger partial charge in [-0.1, -0.05) is 0 Å². The Kier molecular flexibility index (Phi) is 10.1. The number of likely N-dealkylation sites (N-methyl/N-ethyl adjacent to an activating group) is 1. The molecule has 0 aromatic heterocycles. The van der Waals surface area contributed by atoms with E-state index in [1.54, 1.807) is 0 Å². The van der Waals surface area contributed by atoms with E-state index in [4.69, 9.17) is 15.4 Å². The number of hydrogen-bond acceptors (Lipinski definition) is 7. The van der Waals surface area contributed by atoms with Crippen molar-refractivity contribution in [2.45, 2.75) is 51.6 Å². The van der Waals surface area contributed by atoms with E-state index in [1.165, 1.54) is 17.0 Å². The van der Waals surface area contributed by atoms with Gasteiger partial charge in [-0.05, 0) is 47.6 Å². The van der Waals surface area contributed by atoms with Gasteiger partial charge in [-0.3, -0.25) is 14.5 Å². The van der Waals surface area contributed by atoms with Crippen molar-refractivity contribution in [2.24, 2.45) is 5.90 Å². The van der Waals surface area contributed by atoms with Crippen LogP contribution >= 0.6 is 0 Å². The first kappa shape index (κ1) is 23.0. The Hall–Kier alpha value is -1.26. The number of nitrogens with zero attached hydrogens (tertiary/aromatic N) is 2. The first-order chi connectivity index (χ1) is 9.88. The van der Waals surface area contributed by atoms with E-state index in [0.29, 0.717) is 0 Å². The van der Waals surface area contributed by atoms with Crippen LogP contribution in [0.2, 0.25) is 0 Å². The normalized spacial score (nSPS) is 18.8. The van der Waals surface area contributed by atoms with Gasteiger partial charge in [-0.15, -0.1) is 0 Å². The van der Waals surface area contributed by atoms with Crippen LogP contribution < -0.4 is 5.90 Å². The Labute approximate surface area is 130 Å². The topological polar surface area (TPSA) is 148 Å². The van der Waals surface area contributed by atoms with Crippen molar-refractivity contribution in [1.82, 2.24) is 9.96 Å². The quantitative estimate of drug-likeness (QED) is 0.465. The minimum absolute atomic E-state index is 0.0243. The third kappa shape index (κ3) is 8.90. The van der Waals surface area contributed by atoms with Crippen LogP contribution in [0.3, 0.4) is 0 Å². The third-order valence-electron chi connectivity index (χ3n) is 3.31. The number of hydroxylamine groups is 2. The summed E-state index contributed by atoms with van der Waals surface area (Å²) in [7, 11) is 1.43. The fourth-order valence-electron chi connectivity index (χ4n) is 2.16. The Morgan fingerprint density at radius 1 is 1.00 bits per heavy atom. The van der Waals surface area contributed by atoms with Crippen LogP contribution in [0.1, 0.15) is 40.5 Å². The molecule has 0 aliphatic carbocycles. The number of carboxylic acids is 2. The lowest BCUT2D eigenvalue weighted by Crippen LogP contribution is -2.45. The maximum atomic E-state index is 9.96. The van der Waals surface area contributed by atoms with Crippen molar-refractivity contribution in [1.29, 1.82) is 0 Å². The zero-order valence-electron chi connectivity index (χ0n) is 13.9. The van der Waals surface area contributed by atoms with Gasteiger partial charge >= 0.3 is 11.9 Å². The Morgan fingerprint density at radius 3 is 1.41 bits per heavy atom. The summed E-state index contributed by atoms with van der Waals surface area (Å²) in [6.07, 6.45) is 2.16. The first-order valence-electron chi connectivity index (χ1n) is 6.75. The van der Waals surface area contributed by atoms with Crippen LogP contribution in [0.25, 0.3) is 0 Å². The number of rotatable bonds is 4. The average Bonchev–Trinajstić information content (AvgIpc) is 2.54. The van der Waals surface area contributed by atoms with Crippen LogP contribution in [-0.2, 0) is 9.59 Å². The second-order valence-corrected chi connectivity index (χ2v) is 6.40. The molecular formula is C13H29N3O6. The number of hydrogen-bond donors (Lipinski definition) is 5. The molecule has 0 aromatic rings. The van der Waals surface area contributed by atoms with E-state index in [2.05, 4.69) is 33.6 Å². The highest BCUT2D eigenvalue weighted by Gasteiger charge is 2.43. The number of aliphatic carboxylic acids is 2. The molecule has 1 aliphatic rings. The van der Waals surface area contributed by atoms with E-state index >= 15 is 0 Å². The molecule has 0 spiro atoms. The summed E-state index contributed by atoms with van der Waals surface area (Å²) in [5.41, 5.74) is -0.0486. The number of carbonyl (C=O) groups is 2. The van der Waals surface area contributed by atoms with E-state index in [0.717, 1.165) is 12.8 Å². The predicted molar refractivity (Wildman–Crippen MR) is 79.8 cm³/mol. The molecule has 0 amide bonds. The summed E-state index contributed by atoms with van der Waals surface area (Å²) in [6, 6.07) is 0. The Balaban J connectivity index is 0. The SMILES string of the molecule is CC1(C)CCC(C)(C)N1O.CN(CC(=O)O)CC(=O)O.NO. The molecule has 1 heterocycles. The summed E-state index contributed by atoms with van der Waals surface area (Å²) < 4.78 is 0. The van der Waals surface area contributed by atoms with E-state index in [1.807, 2.05) is 0 Å². The highest BCUT2D eigenvalue weighted by Crippen LogP contribution is 2.38. The monoisotopic (exact) mass is 323 g/mol. The number of nitrogens with two attached hydrogens (primary N) is 1. The summed E-state index contributed by atoms with van der Waals surface area (Å²) >= 11 is 0. The minimum atomic E-state index is -1.02. The molecule has 6 N–H and O–H groups in total. The van der Waals surface area contributed by atoms with Gasteiger partial charge in [0.1, 0.15) is 0 Å². The van der Waals surface area contributed by atoms with Crippen molar-refractivity contribution in [3.63, 3.8) is 0 Å². The van der Waals surface area contributed by atoms with Crippen molar-refractivity contribution < 1.29 is 30.2 Å². The molecule has 0 unspecified atom stereocenters. The van der Waals surface area contributed by atoms with Gasteiger partial charge in [0.15, 0.2) is 0 Å². The standard InChI is InChI=1S/C8H17NO.C5H9NO4.H3NO/c1-7(2)5-6-8(3,4)9(7)10;1-6(2-4(7)8)3-5(9)10;1-2/h10H,5-6H2,1-4H3;2-3H2,1H3,(H,7,8)(H,9,10);2H,1H2. The highest BCUT2D eigenvalue weighted by atomic mass is 16.5. The van der Waals surface area contributed by atoms with Crippen LogP contribution in [0.5, 0.6) is 0 Å². The molecule has 9 nitrogen and oxygen atoms in total. The number of carboxylic acid groups (broad SMARTS) is 2. The van der Waals surface area contributed by atoms with Crippen LogP contribution in [-0.4, -0.2) is 73.7 Å². The van der Waals surface area contributed by atoms with Gasteiger partial charge in [0.25, 0.3) is 0 Å². The average molecular weight is 323 g/mol. The zero-order chi connectivity index (χ0) is 18.1. The first-order valence-corrected chi connectivity index (χ1v) is 6.75. The van der Waals surface area contributed by atoms with E-state index < -0.39 is 11.9 Å². The minimum Gasteiger partial charge on any atom is -0.480 e. The summed E-state index contributed by atoms with van der Waals surface area (Å²) in [5, 5.41) is 33.9. The maximum Gasteiger partial charge on any atom is 0.317 e. The lowest BCUT2D eigenvalue weighted by Gasteiger charge is -2.34. The molecule has 0 atom stereocenters. The molecule has 0 saturated carbocycles.